The number of imide groups is 1. The van der Waals surface area contributed by atoms with Crippen LogP contribution in [-0.4, -0.2) is 44.3 Å². The topological polar surface area (TPSA) is 103 Å². The zero-order chi connectivity index (χ0) is 20.5. The van der Waals surface area contributed by atoms with Crippen LogP contribution >= 0.6 is 0 Å². The number of carbonyl (C=O) groups is 3. The van der Waals surface area contributed by atoms with Crippen LogP contribution in [0.15, 0.2) is 18.2 Å². The maximum atomic E-state index is 12.2. The van der Waals surface area contributed by atoms with Crippen LogP contribution in [0.3, 0.4) is 0 Å². The summed E-state index contributed by atoms with van der Waals surface area (Å²) in [5.74, 6) is -0.173. The molecule has 2 rings (SSSR count). The molecule has 0 saturated heterocycles. The molecule has 0 radical (unpaired) electrons. The van der Waals surface area contributed by atoms with Gasteiger partial charge in [0.1, 0.15) is 11.5 Å². The lowest BCUT2D eigenvalue weighted by Gasteiger charge is -2.23. The third-order valence-corrected chi connectivity index (χ3v) is 4.68. The third kappa shape index (κ3) is 6.44. The minimum absolute atomic E-state index is 0.0704. The number of esters is 1. The smallest absolute Gasteiger partial charge is 0.321 e. The minimum Gasteiger partial charge on any atom is -0.497 e. The summed E-state index contributed by atoms with van der Waals surface area (Å²) >= 11 is 0. The molecule has 2 N–H and O–H groups in total. The average molecular weight is 392 g/mol. The summed E-state index contributed by atoms with van der Waals surface area (Å²) in [6, 6.07) is 4.59. The van der Waals surface area contributed by atoms with Gasteiger partial charge in [-0.15, -0.1) is 0 Å². The van der Waals surface area contributed by atoms with Crippen molar-refractivity contribution < 1.29 is 28.6 Å². The van der Waals surface area contributed by atoms with Gasteiger partial charge >= 0.3 is 12.0 Å². The summed E-state index contributed by atoms with van der Waals surface area (Å²) in [7, 11) is 3.03. The Morgan fingerprint density at radius 1 is 1.11 bits per heavy atom. The molecule has 1 aliphatic carbocycles. The molecule has 0 aromatic heterocycles. The van der Waals surface area contributed by atoms with E-state index < -0.39 is 24.0 Å². The van der Waals surface area contributed by atoms with Crippen LogP contribution in [0.1, 0.15) is 44.6 Å². The molecule has 1 unspecified atom stereocenters. The molecule has 154 valence electrons. The van der Waals surface area contributed by atoms with Crippen molar-refractivity contribution in [3.05, 3.63) is 23.8 Å². The minimum atomic E-state index is -1.09. The molecule has 0 aliphatic heterocycles. The van der Waals surface area contributed by atoms with Gasteiger partial charge in [0, 0.05) is 17.7 Å². The van der Waals surface area contributed by atoms with Crippen molar-refractivity contribution in [3.63, 3.8) is 0 Å². The van der Waals surface area contributed by atoms with E-state index in [2.05, 4.69) is 10.6 Å². The summed E-state index contributed by atoms with van der Waals surface area (Å²) < 4.78 is 15.5. The molecule has 0 spiro atoms. The molecule has 0 bridgehead atoms. The summed E-state index contributed by atoms with van der Waals surface area (Å²) in [4.78, 5) is 36.2. The Balaban J connectivity index is 1.82. The number of amides is 3. The zero-order valence-electron chi connectivity index (χ0n) is 16.6. The van der Waals surface area contributed by atoms with E-state index in [-0.39, 0.29) is 12.5 Å². The number of methoxy groups -OCH3 is 2. The maximum absolute atomic E-state index is 12.2. The van der Waals surface area contributed by atoms with Crippen molar-refractivity contribution in [3.8, 4) is 11.5 Å². The first-order chi connectivity index (χ1) is 13.4. The molecule has 3 amide bonds. The highest BCUT2D eigenvalue weighted by Gasteiger charge is 2.22. The quantitative estimate of drug-likeness (QED) is 0.691. The number of benzene rings is 1. The van der Waals surface area contributed by atoms with Gasteiger partial charge in [0.15, 0.2) is 6.10 Å². The fourth-order valence-corrected chi connectivity index (χ4v) is 3.13. The number of ether oxygens (including phenoxy) is 3. The van der Waals surface area contributed by atoms with Crippen molar-refractivity contribution in [2.75, 3.05) is 14.2 Å². The third-order valence-electron chi connectivity index (χ3n) is 4.68. The van der Waals surface area contributed by atoms with E-state index in [1.807, 2.05) is 0 Å². The van der Waals surface area contributed by atoms with Gasteiger partial charge in [0.25, 0.3) is 5.91 Å². The molecule has 8 nitrogen and oxygen atoms in total. The summed E-state index contributed by atoms with van der Waals surface area (Å²) in [5, 5.41) is 5.01. The van der Waals surface area contributed by atoms with E-state index in [4.69, 9.17) is 14.2 Å². The zero-order valence-corrected chi connectivity index (χ0v) is 16.6. The van der Waals surface area contributed by atoms with Crippen LogP contribution in [0, 0.1) is 0 Å². The monoisotopic (exact) mass is 392 g/mol. The van der Waals surface area contributed by atoms with E-state index >= 15 is 0 Å². The van der Waals surface area contributed by atoms with Crippen molar-refractivity contribution in [1.82, 2.24) is 10.6 Å². The molecule has 1 aliphatic rings. The molecular formula is C20H28N2O6. The Bertz CT molecular complexity index is 700. The van der Waals surface area contributed by atoms with E-state index in [9.17, 15) is 14.4 Å². The Labute approximate surface area is 164 Å². The van der Waals surface area contributed by atoms with Gasteiger partial charge in [-0.05, 0) is 25.8 Å². The molecule has 28 heavy (non-hydrogen) atoms. The van der Waals surface area contributed by atoms with Gasteiger partial charge in [-0.1, -0.05) is 25.3 Å². The van der Waals surface area contributed by atoms with E-state index in [0.717, 1.165) is 25.7 Å². The van der Waals surface area contributed by atoms with Crippen LogP contribution < -0.4 is 20.1 Å². The Kier molecular flexibility index (Phi) is 8.10. The van der Waals surface area contributed by atoms with Crippen LogP contribution in [-0.2, 0) is 20.7 Å². The van der Waals surface area contributed by atoms with Crippen LogP contribution in [0.25, 0.3) is 0 Å². The lowest BCUT2D eigenvalue weighted by Crippen LogP contribution is -2.48. The number of carbonyl (C=O) groups excluding carboxylic acids is 3. The summed E-state index contributed by atoms with van der Waals surface area (Å²) in [6.07, 6.45) is 3.98. The maximum Gasteiger partial charge on any atom is 0.321 e. The molecule has 1 atom stereocenters. The fraction of sp³-hybridized carbons (Fsp3) is 0.550. The van der Waals surface area contributed by atoms with Gasteiger partial charge in [-0.2, -0.15) is 0 Å². The molecule has 1 saturated carbocycles. The second-order valence-electron chi connectivity index (χ2n) is 6.78. The molecule has 1 aromatic rings. The van der Waals surface area contributed by atoms with E-state index in [0.29, 0.717) is 17.1 Å². The van der Waals surface area contributed by atoms with Gasteiger partial charge < -0.3 is 19.5 Å². The second kappa shape index (κ2) is 10.5. The predicted molar refractivity (Wildman–Crippen MR) is 102 cm³/mol. The molecule has 0 heterocycles. The Morgan fingerprint density at radius 2 is 1.82 bits per heavy atom. The Morgan fingerprint density at radius 3 is 2.46 bits per heavy atom. The average Bonchev–Trinajstić information content (AvgIpc) is 2.68. The largest absolute Gasteiger partial charge is 0.497 e. The van der Waals surface area contributed by atoms with Crippen molar-refractivity contribution in [1.29, 1.82) is 0 Å². The lowest BCUT2D eigenvalue weighted by atomic mass is 9.96. The summed E-state index contributed by atoms with van der Waals surface area (Å²) in [5.41, 5.74) is 0.607. The van der Waals surface area contributed by atoms with E-state index in [1.54, 1.807) is 18.2 Å². The van der Waals surface area contributed by atoms with Gasteiger partial charge in [-0.25, -0.2) is 4.79 Å². The highest BCUT2D eigenvalue weighted by Crippen LogP contribution is 2.25. The first-order valence-electron chi connectivity index (χ1n) is 9.44. The van der Waals surface area contributed by atoms with Gasteiger partial charge in [0.05, 0.1) is 20.6 Å². The number of hydrogen-bond donors (Lipinski definition) is 2. The first-order valence-corrected chi connectivity index (χ1v) is 9.44. The molecule has 8 heteroatoms. The standard InChI is InChI=1S/C20H28N2O6/c1-13(19(24)22-20(25)21-15-7-5-4-6-8-15)28-18(23)11-14-9-10-16(26-2)12-17(14)27-3/h9-10,12-13,15H,4-8,11H2,1-3H3,(H2,21,22,24,25). The highest BCUT2D eigenvalue weighted by molar-refractivity contribution is 5.97. The highest BCUT2D eigenvalue weighted by atomic mass is 16.5. The van der Waals surface area contributed by atoms with Crippen molar-refractivity contribution in [2.24, 2.45) is 0 Å². The number of rotatable bonds is 7. The SMILES string of the molecule is COc1ccc(CC(=O)OC(C)C(=O)NC(=O)NC2CCCCC2)c(OC)c1. The van der Waals surface area contributed by atoms with Crippen LogP contribution in [0.4, 0.5) is 4.79 Å². The molecule has 1 aromatic carbocycles. The van der Waals surface area contributed by atoms with Crippen LogP contribution in [0.2, 0.25) is 0 Å². The summed E-state index contributed by atoms with van der Waals surface area (Å²) in [6.45, 7) is 1.42. The normalized spacial score (nSPS) is 15.2. The lowest BCUT2D eigenvalue weighted by molar-refractivity contribution is -0.153. The number of nitrogens with one attached hydrogen (secondary N) is 2. The number of urea groups is 1. The fourth-order valence-electron chi connectivity index (χ4n) is 3.13. The predicted octanol–water partition coefficient (Wildman–Crippen LogP) is 2.34. The Hall–Kier alpha value is -2.77. The van der Waals surface area contributed by atoms with Crippen LogP contribution in [0.5, 0.6) is 11.5 Å². The first kappa shape index (κ1) is 21.5. The molecule has 1 fully saturated rings. The van der Waals surface area contributed by atoms with Crippen molar-refractivity contribution in [2.45, 2.75) is 57.6 Å². The van der Waals surface area contributed by atoms with E-state index in [1.165, 1.54) is 27.6 Å². The number of hydrogen-bond acceptors (Lipinski definition) is 6. The van der Waals surface area contributed by atoms with Gasteiger partial charge in [-0.3, -0.25) is 14.9 Å². The van der Waals surface area contributed by atoms with Crippen molar-refractivity contribution >= 4 is 17.9 Å². The molecular weight excluding hydrogens is 364 g/mol. The van der Waals surface area contributed by atoms with Gasteiger partial charge in [0.2, 0.25) is 0 Å². The second-order valence-corrected chi connectivity index (χ2v) is 6.78.